The molecule has 0 bridgehead atoms. The first kappa shape index (κ1) is 8.29. The second-order valence-electron chi connectivity index (χ2n) is 2.94. The second kappa shape index (κ2) is 3.06. The molecule has 0 aromatic carbocycles. The number of carboxylic acid groups (broad SMARTS) is 1. The molecule has 5 nitrogen and oxygen atoms in total. The van der Waals surface area contributed by atoms with Crippen LogP contribution in [0, 0.1) is 0 Å². The van der Waals surface area contributed by atoms with Crippen molar-refractivity contribution in [2.75, 3.05) is 13.1 Å². The van der Waals surface area contributed by atoms with E-state index in [0.29, 0.717) is 19.5 Å². The molecular weight excluding hydrogens is 146 g/mol. The molecule has 0 spiro atoms. The zero-order valence-corrected chi connectivity index (χ0v) is 6.23. The number of hydrogen-bond acceptors (Lipinski definition) is 3. The van der Waals surface area contributed by atoms with Crippen molar-refractivity contribution in [3.63, 3.8) is 0 Å². The van der Waals surface area contributed by atoms with Gasteiger partial charge in [0.1, 0.15) is 0 Å². The van der Waals surface area contributed by atoms with Crippen LogP contribution in [-0.4, -0.2) is 41.3 Å². The summed E-state index contributed by atoms with van der Waals surface area (Å²) in [6.45, 7) is 0.812. The van der Waals surface area contributed by atoms with E-state index in [9.17, 15) is 4.79 Å². The quantitative estimate of drug-likeness (QED) is 0.423. The highest BCUT2D eigenvalue weighted by molar-refractivity contribution is 5.65. The first-order valence-electron chi connectivity index (χ1n) is 3.58. The van der Waals surface area contributed by atoms with Crippen LogP contribution in [0.1, 0.15) is 6.42 Å². The zero-order valence-electron chi connectivity index (χ0n) is 6.23. The fraction of sp³-hybridized carbons (Fsp3) is 0.833. The van der Waals surface area contributed by atoms with E-state index in [2.05, 4.69) is 0 Å². The molecule has 2 atom stereocenters. The minimum absolute atomic E-state index is 0.102. The van der Waals surface area contributed by atoms with E-state index in [4.69, 9.17) is 16.6 Å². The number of amides is 1. The van der Waals surface area contributed by atoms with Gasteiger partial charge in [0.05, 0.1) is 0 Å². The summed E-state index contributed by atoms with van der Waals surface area (Å²) >= 11 is 0. The molecule has 0 aromatic heterocycles. The molecule has 1 aliphatic rings. The van der Waals surface area contributed by atoms with Gasteiger partial charge in [-0.25, -0.2) is 4.79 Å². The van der Waals surface area contributed by atoms with E-state index in [1.807, 2.05) is 0 Å². The van der Waals surface area contributed by atoms with E-state index >= 15 is 0 Å². The summed E-state index contributed by atoms with van der Waals surface area (Å²) < 4.78 is 0. The van der Waals surface area contributed by atoms with Crippen molar-refractivity contribution in [3.8, 4) is 0 Å². The number of rotatable bonds is 0. The molecule has 1 saturated heterocycles. The zero-order chi connectivity index (χ0) is 8.43. The van der Waals surface area contributed by atoms with E-state index < -0.39 is 6.09 Å². The molecule has 1 amide bonds. The molecule has 1 fully saturated rings. The Morgan fingerprint density at radius 3 is 2.18 bits per heavy atom. The van der Waals surface area contributed by atoms with Gasteiger partial charge in [0, 0.05) is 25.2 Å². The molecule has 0 aromatic rings. The Kier molecular flexibility index (Phi) is 2.31. The molecule has 1 aliphatic heterocycles. The molecule has 1 heterocycles. The number of nitrogens with two attached hydrogens (primary N) is 2. The summed E-state index contributed by atoms with van der Waals surface area (Å²) in [6.07, 6.45) is -0.223. The summed E-state index contributed by atoms with van der Waals surface area (Å²) in [4.78, 5) is 11.7. The van der Waals surface area contributed by atoms with Gasteiger partial charge >= 0.3 is 6.09 Å². The number of carbonyl (C=O) groups is 1. The van der Waals surface area contributed by atoms with Gasteiger partial charge in [0.2, 0.25) is 0 Å². The molecule has 0 saturated carbocycles. The Labute approximate surface area is 65.0 Å². The van der Waals surface area contributed by atoms with Crippen molar-refractivity contribution >= 4 is 6.09 Å². The third-order valence-corrected chi connectivity index (χ3v) is 1.79. The van der Waals surface area contributed by atoms with Crippen molar-refractivity contribution < 1.29 is 9.90 Å². The van der Waals surface area contributed by atoms with Gasteiger partial charge in [-0.2, -0.15) is 0 Å². The maximum absolute atomic E-state index is 10.5. The van der Waals surface area contributed by atoms with Crippen LogP contribution >= 0.6 is 0 Å². The first-order chi connectivity index (χ1) is 5.09. The molecule has 1 rings (SSSR count). The number of hydrogen-bond donors (Lipinski definition) is 3. The Bertz CT molecular complexity index is 152. The topological polar surface area (TPSA) is 92.6 Å². The molecule has 0 aliphatic carbocycles. The van der Waals surface area contributed by atoms with Crippen LogP contribution < -0.4 is 11.5 Å². The summed E-state index contributed by atoms with van der Waals surface area (Å²) in [5.74, 6) is 0. The average molecular weight is 159 g/mol. The van der Waals surface area contributed by atoms with Gasteiger partial charge in [0.15, 0.2) is 0 Å². The van der Waals surface area contributed by atoms with Gasteiger partial charge in [-0.05, 0) is 6.42 Å². The maximum Gasteiger partial charge on any atom is 0.407 e. The van der Waals surface area contributed by atoms with Crippen molar-refractivity contribution in [3.05, 3.63) is 0 Å². The highest BCUT2D eigenvalue weighted by Gasteiger charge is 2.25. The minimum Gasteiger partial charge on any atom is -0.465 e. The lowest BCUT2D eigenvalue weighted by Crippen LogP contribution is -2.53. The number of likely N-dealkylation sites (tertiary alicyclic amines) is 1. The molecule has 0 radical (unpaired) electrons. The Morgan fingerprint density at radius 1 is 1.36 bits per heavy atom. The molecule has 64 valence electrons. The summed E-state index contributed by atoms with van der Waals surface area (Å²) in [5.41, 5.74) is 11.1. The molecule has 11 heavy (non-hydrogen) atoms. The number of nitrogens with zero attached hydrogens (tertiary/aromatic N) is 1. The van der Waals surface area contributed by atoms with Crippen LogP contribution in [0.25, 0.3) is 0 Å². The van der Waals surface area contributed by atoms with Crippen molar-refractivity contribution in [2.45, 2.75) is 18.5 Å². The summed E-state index contributed by atoms with van der Waals surface area (Å²) in [5, 5.41) is 8.59. The van der Waals surface area contributed by atoms with Crippen molar-refractivity contribution in [1.29, 1.82) is 0 Å². The predicted molar refractivity (Wildman–Crippen MR) is 40.2 cm³/mol. The molecule has 0 unspecified atom stereocenters. The maximum atomic E-state index is 10.5. The van der Waals surface area contributed by atoms with Crippen molar-refractivity contribution in [2.24, 2.45) is 11.5 Å². The normalized spacial score (nSPS) is 32.0. The van der Waals surface area contributed by atoms with Gasteiger partial charge in [-0.15, -0.1) is 0 Å². The van der Waals surface area contributed by atoms with E-state index in [1.54, 1.807) is 0 Å². The second-order valence-corrected chi connectivity index (χ2v) is 2.94. The fourth-order valence-corrected chi connectivity index (χ4v) is 1.33. The standard InChI is InChI=1S/C6H13N3O2/c7-4-1-5(8)3-9(2-4)6(10)11/h4-5H,1-3,7-8H2,(H,10,11)/t4-,5+. The SMILES string of the molecule is N[C@@H]1C[C@H](N)CN(C(=O)O)C1. The first-order valence-corrected chi connectivity index (χ1v) is 3.58. The van der Waals surface area contributed by atoms with Crippen LogP contribution in [0.15, 0.2) is 0 Å². The Balaban J connectivity index is 2.49. The predicted octanol–water partition coefficient (Wildman–Crippen LogP) is -0.975. The third kappa shape index (κ3) is 2.06. The van der Waals surface area contributed by atoms with Gasteiger partial charge in [0.25, 0.3) is 0 Å². The minimum atomic E-state index is -0.935. The monoisotopic (exact) mass is 159 g/mol. The third-order valence-electron chi connectivity index (χ3n) is 1.79. The smallest absolute Gasteiger partial charge is 0.407 e. The molecule has 5 heteroatoms. The fourth-order valence-electron chi connectivity index (χ4n) is 1.33. The highest BCUT2D eigenvalue weighted by Crippen LogP contribution is 2.06. The van der Waals surface area contributed by atoms with E-state index in [-0.39, 0.29) is 12.1 Å². The van der Waals surface area contributed by atoms with Gasteiger partial charge < -0.3 is 21.5 Å². The largest absolute Gasteiger partial charge is 0.465 e. The lowest BCUT2D eigenvalue weighted by atomic mass is 10.0. The van der Waals surface area contributed by atoms with Gasteiger partial charge in [-0.1, -0.05) is 0 Å². The Hall–Kier alpha value is -0.810. The summed E-state index contributed by atoms with van der Waals surface area (Å²) in [7, 11) is 0. The van der Waals surface area contributed by atoms with Crippen LogP contribution in [0.5, 0.6) is 0 Å². The lowest BCUT2D eigenvalue weighted by molar-refractivity contribution is 0.125. The summed E-state index contributed by atoms with van der Waals surface area (Å²) in [6, 6.07) is -0.204. The van der Waals surface area contributed by atoms with Crippen molar-refractivity contribution in [1.82, 2.24) is 4.90 Å². The van der Waals surface area contributed by atoms with Crippen LogP contribution in [-0.2, 0) is 0 Å². The molecular formula is C6H13N3O2. The van der Waals surface area contributed by atoms with Crippen LogP contribution in [0.3, 0.4) is 0 Å². The number of piperidine rings is 1. The van der Waals surface area contributed by atoms with E-state index in [1.165, 1.54) is 4.90 Å². The van der Waals surface area contributed by atoms with E-state index in [0.717, 1.165) is 0 Å². The highest BCUT2D eigenvalue weighted by atomic mass is 16.4. The average Bonchev–Trinajstić information content (AvgIpc) is 1.85. The Morgan fingerprint density at radius 2 is 1.82 bits per heavy atom. The molecule has 5 N–H and O–H groups in total. The van der Waals surface area contributed by atoms with Crippen LogP contribution in [0.4, 0.5) is 4.79 Å². The van der Waals surface area contributed by atoms with Crippen LogP contribution in [0.2, 0.25) is 0 Å². The van der Waals surface area contributed by atoms with Gasteiger partial charge in [-0.3, -0.25) is 0 Å². The lowest BCUT2D eigenvalue weighted by Gasteiger charge is -2.32.